The molecule has 3 rings (SSSR count). The van der Waals surface area contributed by atoms with Crippen LogP contribution in [0.2, 0.25) is 0 Å². The monoisotopic (exact) mass is 327 g/mol. The first kappa shape index (κ1) is 12.6. The lowest BCUT2D eigenvalue weighted by molar-refractivity contribution is 0.827. The van der Waals surface area contributed by atoms with Gasteiger partial charge in [-0.05, 0) is 39.7 Å². The Labute approximate surface area is 123 Å². The zero-order chi connectivity index (χ0) is 14.1. The number of rotatable bonds is 2. The van der Waals surface area contributed by atoms with Crippen molar-refractivity contribution in [2.45, 2.75) is 6.54 Å². The number of anilines is 1. The number of halogens is 1. The molecular weight excluding hydrogens is 318 g/mol. The minimum atomic E-state index is 0.410. The summed E-state index contributed by atoms with van der Waals surface area (Å²) in [6.45, 7) is 0.534. The van der Waals surface area contributed by atoms with E-state index in [-0.39, 0.29) is 0 Å². The fraction of sp³-hybridized carbons (Fsp3) is 0.0714. The average molecular weight is 328 g/mol. The van der Waals surface area contributed by atoms with Gasteiger partial charge in [0.2, 0.25) is 5.95 Å². The molecule has 3 aromatic rings. The van der Waals surface area contributed by atoms with Crippen LogP contribution >= 0.6 is 15.9 Å². The molecule has 0 saturated heterocycles. The smallest absolute Gasteiger partial charge is 0.202 e. The van der Waals surface area contributed by atoms with Crippen LogP contribution in [0, 0.1) is 11.3 Å². The molecule has 0 fully saturated rings. The first-order valence-electron chi connectivity index (χ1n) is 5.93. The van der Waals surface area contributed by atoms with Crippen LogP contribution < -0.4 is 5.73 Å². The number of nitriles is 1. The first-order chi connectivity index (χ1) is 9.67. The zero-order valence-electron chi connectivity index (χ0n) is 10.4. The van der Waals surface area contributed by atoms with Crippen LogP contribution in [0.25, 0.3) is 11.2 Å². The number of aromatic nitrogens is 3. The van der Waals surface area contributed by atoms with Crippen LogP contribution in [-0.4, -0.2) is 14.5 Å². The summed E-state index contributed by atoms with van der Waals surface area (Å²) in [4.78, 5) is 8.64. The molecule has 0 amide bonds. The van der Waals surface area contributed by atoms with Gasteiger partial charge in [-0.25, -0.2) is 9.97 Å². The maximum Gasteiger partial charge on any atom is 0.202 e. The summed E-state index contributed by atoms with van der Waals surface area (Å²) in [5.41, 5.74) is 9.04. The molecular formula is C14H10BrN5. The van der Waals surface area contributed by atoms with E-state index in [1.165, 1.54) is 0 Å². The Bertz CT molecular complexity index is 831. The highest BCUT2D eigenvalue weighted by atomic mass is 79.9. The van der Waals surface area contributed by atoms with Crippen molar-refractivity contribution < 1.29 is 0 Å². The van der Waals surface area contributed by atoms with Crippen molar-refractivity contribution in [3.63, 3.8) is 0 Å². The number of nitrogen functional groups attached to an aromatic ring is 1. The van der Waals surface area contributed by atoms with E-state index in [0.29, 0.717) is 18.1 Å². The second-order valence-corrected chi connectivity index (χ2v) is 5.28. The van der Waals surface area contributed by atoms with Gasteiger partial charge in [0, 0.05) is 10.7 Å². The van der Waals surface area contributed by atoms with E-state index in [1.54, 1.807) is 12.3 Å². The van der Waals surface area contributed by atoms with Gasteiger partial charge in [0.15, 0.2) is 5.65 Å². The van der Waals surface area contributed by atoms with Gasteiger partial charge in [0.1, 0.15) is 5.52 Å². The average Bonchev–Trinajstić information content (AvgIpc) is 2.74. The maximum atomic E-state index is 8.93. The molecule has 1 aromatic carbocycles. The molecule has 2 heterocycles. The lowest BCUT2D eigenvalue weighted by Gasteiger charge is -2.06. The Kier molecular flexibility index (Phi) is 3.12. The Morgan fingerprint density at radius 1 is 1.35 bits per heavy atom. The minimum Gasteiger partial charge on any atom is -0.369 e. The van der Waals surface area contributed by atoms with E-state index in [9.17, 15) is 0 Å². The summed E-state index contributed by atoms with van der Waals surface area (Å²) >= 11 is 3.36. The molecule has 2 N–H and O–H groups in total. The van der Waals surface area contributed by atoms with Crippen LogP contribution in [-0.2, 0) is 6.54 Å². The first-order valence-corrected chi connectivity index (χ1v) is 6.73. The molecule has 0 atom stereocenters. The molecule has 0 aliphatic carbocycles. The second kappa shape index (κ2) is 4.94. The van der Waals surface area contributed by atoms with Crippen molar-refractivity contribution in [2.24, 2.45) is 0 Å². The summed E-state index contributed by atoms with van der Waals surface area (Å²) < 4.78 is 2.69. The standard InChI is InChI=1S/C14H10BrN5/c15-11-5-12-13(18-7-11)20(14(17)19-12)8-10-3-1-2-9(4-10)6-16/h1-5,7H,8H2,(H2,17,19). The predicted molar refractivity (Wildman–Crippen MR) is 79.9 cm³/mol. The van der Waals surface area contributed by atoms with Crippen LogP contribution in [0.15, 0.2) is 41.0 Å². The van der Waals surface area contributed by atoms with Crippen molar-refractivity contribution in [2.75, 3.05) is 5.73 Å². The van der Waals surface area contributed by atoms with Crippen molar-refractivity contribution in [3.05, 3.63) is 52.1 Å². The van der Waals surface area contributed by atoms with Crippen LogP contribution in [0.1, 0.15) is 11.1 Å². The van der Waals surface area contributed by atoms with Crippen LogP contribution in [0.4, 0.5) is 5.95 Å². The van der Waals surface area contributed by atoms with E-state index >= 15 is 0 Å². The van der Waals surface area contributed by atoms with Gasteiger partial charge >= 0.3 is 0 Å². The van der Waals surface area contributed by atoms with E-state index in [2.05, 4.69) is 32.0 Å². The maximum absolute atomic E-state index is 8.93. The SMILES string of the molecule is N#Cc1cccc(Cn2c(N)nc3cc(Br)cnc32)c1. The third-order valence-electron chi connectivity index (χ3n) is 2.98. The van der Waals surface area contributed by atoms with Crippen molar-refractivity contribution in [1.29, 1.82) is 5.26 Å². The molecule has 98 valence electrons. The van der Waals surface area contributed by atoms with Crippen LogP contribution in [0.3, 0.4) is 0 Å². The lowest BCUT2D eigenvalue weighted by atomic mass is 10.1. The van der Waals surface area contributed by atoms with Crippen molar-refractivity contribution in [3.8, 4) is 6.07 Å². The summed E-state index contributed by atoms with van der Waals surface area (Å²) in [7, 11) is 0. The molecule has 0 spiro atoms. The lowest BCUT2D eigenvalue weighted by Crippen LogP contribution is -2.05. The molecule has 5 nitrogen and oxygen atoms in total. The molecule has 0 aliphatic rings. The fourth-order valence-electron chi connectivity index (χ4n) is 2.08. The minimum absolute atomic E-state index is 0.410. The largest absolute Gasteiger partial charge is 0.369 e. The highest BCUT2D eigenvalue weighted by Gasteiger charge is 2.10. The number of hydrogen-bond acceptors (Lipinski definition) is 4. The molecule has 6 heteroatoms. The number of nitrogens with zero attached hydrogens (tertiary/aromatic N) is 4. The van der Waals surface area contributed by atoms with Gasteiger partial charge in [-0.15, -0.1) is 0 Å². The number of hydrogen-bond donors (Lipinski definition) is 1. The van der Waals surface area contributed by atoms with Crippen LogP contribution in [0.5, 0.6) is 0 Å². The summed E-state index contributed by atoms with van der Waals surface area (Å²) in [5, 5.41) is 8.93. The molecule has 20 heavy (non-hydrogen) atoms. The summed E-state index contributed by atoms with van der Waals surface area (Å²) in [6, 6.07) is 11.4. The number of imidazole rings is 1. The quantitative estimate of drug-likeness (QED) is 0.784. The Morgan fingerprint density at radius 3 is 3.00 bits per heavy atom. The Balaban J connectivity index is 2.06. The summed E-state index contributed by atoms with van der Waals surface area (Å²) in [6.07, 6.45) is 1.71. The van der Waals surface area contributed by atoms with Gasteiger partial charge in [-0.1, -0.05) is 12.1 Å². The van der Waals surface area contributed by atoms with Gasteiger partial charge in [-0.3, -0.25) is 4.57 Å². The molecule has 0 radical (unpaired) electrons. The fourth-order valence-corrected chi connectivity index (χ4v) is 2.40. The zero-order valence-corrected chi connectivity index (χ0v) is 12.0. The van der Waals surface area contributed by atoms with Crippen molar-refractivity contribution >= 4 is 33.0 Å². The van der Waals surface area contributed by atoms with E-state index < -0.39 is 0 Å². The third kappa shape index (κ3) is 2.24. The number of pyridine rings is 1. The van der Waals surface area contributed by atoms with E-state index in [1.807, 2.05) is 28.8 Å². The highest BCUT2D eigenvalue weighted by molar-refractivity contribution is 9.10. The second-order valence-electron chi connectivity index (χ2n) is 4.36. The van der Waals surface area contributed by atoms with Gasteiger partial charge in [-0.2, -0.15) is 5.26 Å². The van der Waals surface area contributed by atoms with E-state index in [0.717, 1.165) is 21.2 Å². The number of benzene rings is 1. The molecule has 0 aliphatic heterocycles. The number of fused-ring (bicyclic) bond motifs is 1. The third-order valence-corrected chi connectivity index (χ3v) is 3.41. The highest BCUT2D eigenvalue weighted by Crippen LogP contribution is 2.21. The summed E-state index contributed by atoms with van der Waals surface area (Å²) in [5.74, 6) is 0.410. The van der Waals surface area contributed by atoms with E-state index in [4.69, 9.17) is 11.0 Å². The molecule has 0 bridgehead atoms. The molecule has 2 aromatic heterocycles. The topological polar surface area (TPSA) is 80.5 Å². The predicted octanol–water partition coefficient (Wildman–Crippen LogP) is 2.70. The molecule has 0 unspecified atom stereocenters. The Hall–Kier alpha value is -2.39. The normalized spacial score (nSPS) is 10.6. The number of nitrogens with two attached hydrogens (primary N) is 1. The molecule has 0 saturated carbocycles. The van der Waals surface area contributed by atoms with Gasteiger partial charge < -0.3 is 5.73 Å². The van der Waals surface area contributed by atoms with Crippen molar-refractivity contribution in [1.82, 2.24) is 14.5 Å². The Morgan fingerprint density at radius 2 is 2.20 bits per heavy atom. The van der Waals surface area contributed by atoms with Gasteiger partial charge in [0.05, 0.1) is 18.2 Å². The van der Waals surface area contributed by atoms with Gasteiger partial charge in [0.25, 0.3) is 0 Å².